The highest BCUT2D eigenvalue weighted by Crippen LogP contribution is 2.74. The molecule has 3 saturated carbocycles. The SMILES string of the molecule is C=CCC1(C#N)C(CC)C(CC)[C@H]2[C@@H]3CCC4=CC(=O)CC[C@]4(C)[C@@H]3CC[C@@]21C. The second kappa shape index (κ2) is 7.11. The van der Waals surface area contributed by atoms with Crippen LogP contribution in [0.3, 0.4) is 0 Å². The average Bonchev–Trinajstić information content (AvgIpc) is 2.93. The van der Waals surface area contributed by atoms with Gasteiger partial charge in [0, 0.05) is 6.42 Å². The van der Waals surface area contributed by atoms with Crippen molar-refractivity contribution in [3.63, 3.8) is 0 Å². The van der Waals surface area contributed by atoms with Gasteiger partial charge in [-0.25, -0.2) is 0 Å². The molecule has 0 radical (unpaired) electrons. The van der Waals surface area contributed by atoms with Gasteiger partial charge in [0.2, 0.25) is 0 Å². The molecule has 0 spiro atoms. The van der Waals surface area contributed by atoms with E-state index in [1.807, 2.05) is 12.2 Å². The molecule has 158 valence electrons. The Morgan fingerprint density at radius 2 is 1.97 bits per heavy atom. The van der Waals surface area contributed by atoms with Crippen molar-refractivity contribution in [2.75, 3.05) is 0 Å². The first kappa shape index (κ1) is 20.9. The van der Waals surface area contributed by atoms with Crippen LogP contribution in [0.1, 0.15) is 85.5 Å². The van der Waals surface area contributed by atoms with Gasteiger partial charge in [-0.2, -0.15) is 5.26 Å². The minimum atomic E-state index is -0.265. The standard InChI is InChI=1S/C27H39NO/c1-6-13-27(17-28)22(8-3)20(7-2)24-21-10-9-18-16-19(29)11-14-25(18,4)23(21)12-15-26(24,27)5/h6,16,20-24H,1,7-15H2,2-5H3/t20?,21-,22?,23-,24+,25+,26+,27?/m1/s1. The summed E-state index contributed by atoms with van der Waals surface area (Å²) < 4.78 is 0. The van der Waals surface area contributed by atoms with Crippen LogP contribution in [0.15, 0.2) is 24.3 Å². The molecule has 2 heteroatoms. The topological polar surface area (TPSA) is 40.9 Å². The van der Waals surface area contributed by atoms with Crippen LogP contribution >= 0.6 is 0 Å². The van der Waals surface area contributed by atoms with E-state index >= 15 is 0 Å². The van der Waals surface area contributed by atoms with Gasteiger partial charge in [0.1, 0.15) is 0 Å². The smallest absolute Gasteiger partial charge is 0.155 e. The summed E-state index contributed by atoms with van der Waals surface area (Å²) in [5, 5.41) is 10.6. The molecule has 0 aromatic carbocycles. The summed E-state index contributed by atoms with van der Waals surface area (Å²) in [6.07, 6.45) is 13.6. The van der Waals surface area contributed by atoms with Gasteiger partial charge in [-0.15, -0.1) is 6.58 Å². The molecule has 3 fully saturated rings. The minimum absolute atomic E-state index is 0.0839. The second-order valence-corrected chi connectivity index (χ2v) is 11.0. The number of ketones is 1. The number of allylic oxidation sites excluding steroid dienone is 2. The third kappa shape index (κ3) is 2.55. The van der Waals surface area contributed by atoms with E-state index in [1.54, 1.807) is 0 Å². The van der Waals surface area contributed by atoms with Crippen LogP contribution in [0.5, 0.6) is 0 Å². The lowest BCUT2D eigenvalue weighted by Crippen LogP contribution is -2.53. The predicted molar refractivity (Wildman–Crippen MR) is 118 cm³/mol. The number of carbonyl (C=O) groups is 1. The Balaban J connectivity index is 1.81. The third-order valence-electron chi connectivity index (χ3n) is 10.4. The zero-order valence-electron chi connectivity index (χ0n) is 19.0. The molecule has 8 atom stereocenters. The quantitative estimate of drug-likeness (QED) is 0.489. The van der Waals surface area contributed by atoms with Crippen molar-refractivity contribution >= 4 is 5.78 Å². The van der Waals surface area contributed by atoms with Gasteiger partial charge in [-0.1, -0.05) is 52.2 Å². The number of nitriles is 1. The van der Waals surface area contributed by atoms with Crippen molar-refractivity contribution in [1.29, 1.82) is 5.26 Å². The fourth-order valence-electron chi connectivity index (χ4n) is 9.22. The highest BCUT2D eigenvalue weighted by atomic mass is 16.1. The van der Waals surface area contributed by atoms with Gasteiger partial charge < -0.3 is 0 Å². The number of hydrogen-bond acceptors (Lipinski definition) is 2. The molecule has 0 aromatic rings. The maximum absolute atomic E-state index is 12.1. The van der Waals surface area contributed by atoms with Crippen LogP contribution in [-0.4, -0.2) is 5.78 Å². The lowest BCUT2D eigenvalue weighted by molar-refractivity contribution is -0.118. The van der Waals surface area contributed by atoms with Crippen LogP contribution in [0.25, 0.3) is 0 Å². The van der Waals surface area contributed by atoms with Crippen LogP contribution in [0, 0.1) is 57.2 Å². The number of hydrogen-bond donors (Lipinski definition) is 0. The fraction of sp³-hybridized carbons (Fsp3) is 0.778. The summed E-state index contributed by atoms with van der Waals surface area (Å²) in [5.41, 5.74) is 1.46. The Labute approximate surface area is 177 Å². The van der Waals surface area contributed by atoms with Crippen molar-refractivity contribution < 1.29 is 4.79 Å². The monoisotopic (exact) mass is 393 g/mol. The fourth-order valence-corrected chi connectivity index (χ4v) is 9.22. The molecule has 0 amide bonds. The molecule has 4 rings (SSSR count). The molecular weight excluding hydrogens is 354 g/mol. The Kier molecular flexibility index (Phi) is 5.12. The first-order valence-electron chi connectivity index (χ1n) is 12.1. The van der Waals surface area contributed by atoms with Gasteiger partial charge in [-0.3, -0.25) is 4.79 Å². The van der Waals surface area contributed by atoms with E-state index in [1.165, 1.54) is 24.8 Å². The first-order chi connectivity index (χ1) is 13.8. The number of carbonyl (C=O) groups excluding carboxylic acids is 1. The highest BCUT2D eigenvalue weighted by molar-refractivity contribution is 5.91. The van der Waals surface area contributed by atoms with Crippen molar-refractivity contribution in [3.05, 3.63) is 24.3 Å². The lowest BCUT2D eigenvalue weighted by Gasteiger charge is -2.59. The van der Waals surface area contributed by atoms with Gasteiger partial charge in [0.25, 0.3) is 0 Å². The van der Waals surface area contributed by atoms with E-state index in [2.05, 4.69) is 40.3 Å². The number of nitrogens with zero attached hydrogens (tertiary/aromatic N) is 1. The molecular formula is C27H39NO. The zero-order valence-corrected chi connectivity index (χ0v) is 19.0. The molecule has 3 unspecified atom stereocenters. The summed E-state index contributed by atoms with van der Waals surface area (Å²) >= 11 is 0. The van der Waals surface area contributed by atoms with E-state index in [4.69, 9.17) is 0 Å². The van der Waals surface area contributed by atoms with Crippen molar-refractivity contribution in [2.45, 2.75) is 85.5 Å². The normalized spacial score (nSPS) is 48.7. The summed E-state index contributed by atoms with van der Waals surface area (Å²) in [4.78, 5) is 12.1. The van der Waals surface area contributed by atoms with Gasteiger partial charge in [0.15, 0.2) is 5.78 Å². The molecule has 4 aliphatic rings. The van der Waals surface area contributed by atoms with Crippen molar-refractivity contribution in [2.24, 2.45) is 45.8 Å². The number of rotatable bonds is 4. The van der Waals surface area contributed by atoms with Crippen LogP contribution in [0.4, 0.5) is 0 Å². The number of fused-ring (bicyclic) bond motifs is 5. The summed E-state index contributed by atoms with van der Waals surface area (Å²) in [7, 11) is 0. The molecule has 2 nitrogen and oxygen atoms in total. The van der Waals surface area contributed by atoms with E-state index in [0.29, 0.717) is 35.4 Å². The average molecular weight is 394 g/mol. The summed E-state index contributed by atoms with van der Waals surface area (Å²) in [6, 6.07) is 2.92. The van der Waals surface area contributed by atoms with Gasteiger partial charge in [-0.05, 0) is 85.0 Å². The highest BCUT2D eigenvalue weighted by Gasteiger charge is 2.70. The van der Waals surface area contributed by atoms with Gasteiger partial charge in [0.05, 0.1) is 11.5 Å². The molecule has 0 aliphatic heterocycles. The van der Waals surface area contributed by atoms with E-state index in [9.17, 15) is 10.1 Å². The zero-order chi connectivity index (χ0) is 21.0. The maximum atomic E-state index is 12.1. The minimum Gasteiger partial charge on any atom is -0.295 e. The van der Waals surface area contributed by atoms with Crippen LogP contribution in [-0.2, 0) is 4.79 Å². The first-order valence-corrected chi connectivity index (χ1v) is 12.1. The largest absolute Gasteiger partial charge is 0.295 e. The third-order valence-corrected chi connectivity index (χ3v) is 10.4. The van der Waals surface area contributed by atoms with Crippen LogP contribution in [0.2, 0.25) is 0 Å². The maximum Gasteiger partial charge on any atom is 0.155 e. The Morgan fingerprint density at radius 1 is 1.21 bits per heavy atom. The molecule has 0 heterocycles. The summed E-state index contributed by atoms with van der Waals surface area (Å²) in [5.74, 6) is 3.46. The second-order valence-electron chi connectivity index (χ2n) is 11.0. The summed E-state index contributed by atoms with van der Waals surface area (Å²) in [6.45, 7) is 13.7. The van der Waals surface area contributed by atoms with Crippen molar-refractivity contribution in [1.82, 2.24) is 0 Å². The lowest BCUT2D eigenvalue weighted by atomic mass is 9.44. The molecule has 0 saturated heterocycles. The van der Waals surface area contributed by atoms with E-state index in [0.717, 1.165) is 38.5 Å². The Hall–Kier alpha value is -1.36. The molecule has 0 aromatic heterocycles. The van der Waals surface area contributed by atoms with E-state index < -0.39 is 0 Å². The van der Waals surface area contributed by atoms with E-state index in [-0.39, 0.29) is 16.2 Å². The predicted octanol–water partition coefficient (Wildman–Crippen LogP) is 6.88. The molecule has 4 aliphatic carbocycles. The molecule has 0 bridgehead atoms. The Bertz CT molecular complexity index is 774. The van der Waals surface area contributed by atoms with Gasteiger partial charge >= 0.3 is 0 Å². The van der Waals surface area contributed by atoms with Crippen LogP contribution < -0.4 is 0 Å². The van der Waals surface area contributed by atoms with Crippen molar-refractivity contribution in [3.8, 4) is 6.07 Å². The molecule has 0 N–H and O–H groups in total. The molecule has 29 heavy (non-hydrogen) atoms. The Morgan fingerprint density at radius 3 is 2.59 bits per heavy atom.